The Balaban J connectivity index is 1.76. The van der Waals surface area contributed by atoms with Gasteiger partial charge in [0.25, 0.3) is 11.8 Å². The highest BCUT2D eigenvalue weighted by Gasteiger charge is 2.47. The molecule has 1 aliphatic heterocycles. The number of hydrogen-bond acceptors (Lipinski definition) is 7. The van der Waals surface area contributed by atoms with Crippen LogP contribution in [0, 0.1) is 6.92 Å². The summed E-state index contributed by atoms with van der Waals surface area (Å²) in [6.45, 7) is 6.35. The van der Waals surface area contributed by atoms with E-state index in [1.807, 2.05) is 6.92 Å². The van der Waals surface area contributed by atoms with Crippen LogP contribution in [0.1, 0.15) is 42.4 Å². The number of carbonyl (C=O) groups is 1. The lowest BCUT2D eigenvalue weighted by Gasteiger charge is -2.30. The van der Waals surface area contributed by atoms with E-state index in [1.54, 1.807) is 39.1 Å². The topological polar surface area (TPSA) is 108 Å². The van der Waals surface area contributed by atoms with Gasteiger partial charge in [-0.3, -0.25) is 14.4 Å². The van der Waals surface area contributed by atoms with Crippen molar-refractivity contribution < 1.29 is 27.3 Å². The molecule has 0 bridgehead atoms. The molecule has 0 saturated heterocycles. The molecule has 3 aromatic rings. The summed E-state index contributed by atoms with van der Waals surface area (Å²) in [7, 11) is 1.44. The molecule has 1 atom stereocenters. The quantitative estimate of drug-likeness (QED) is 0.471. The molecule has 0 saturated carbocycles. The Morgan fingerprint density at radius 1 is 1.25 bits per heavy atom. The van der Waals surface area contributed by atoms with Gasteiger partial charge in [0.15, 0.2) is 0 Å². The van der Waals surface area contributed by atoms with E-state index in [9.17, 15) is 22.5 Å². The van der Waals surface area contributed by atoms with Crippen LogP contribution in [0.15, 0.2) is 35.6 Å². The minimum absolute atomic E-state index is 0.216. The molecular formula is C23H25F3N6O3S. The highest BCUT2D eigenvalue weighted by molar-refractivity contribution is 7.89. The number of rotatable bonds is 7. The van der Waals surface area contributed by atoms with E-state index in [4.69, 9.17) is 9.72 Å². The maximum Gasteiger partial charge on any atom is 0.408 e. The van der Waals surface area contributed by atoms with Crippen molar-refractivity contribution >= 4 is 23.0 Å². The lowest BCUT2D eigenvalue weighted by atomic mass is 9.96. The highest BCUT2D eigenvalue weighted by Crippen LogP contribution is 2.43. The maximum atomic E-state index is 13.4. The summed E-state index contributed by atoms with van der Waals surface area (Å²) in [4.78, 5) is 24.2. The molecule has 4 rings (SSSR count). The van der Waals surface area contributed by atoms with Gasteiger partial charge in [0.1, 0.15) is 6.54 Å². The summed E-state index contributed by atoms with van der Waals surface area (Å²) in [6.07, 6.45) is -0.456. The van der Waals surface area contributed by atoms with Crippen molar-refractivity contribution in [1.29, 1.82) is 0 Å². The number of halogens is 3. The Hall–Kier alpha value is -3.16. The molecular weight excluding hydrogens is 497 g/mol. The Labute approximate surface area is 209 Å². The Morgan fingerprint density at radius 2 is 1.97 bits per heavy atom. The molecule has 0 fully saturated rings. The predicted octanol–water partition coefficient (Wildman–Crippen LogP) is 3.75. The van der Waals surface area contributed by atoms with E-state index in [0.29, 0.717) is 39.5 Å². The zero-order chi connectivity index (χ0) is 26.4. The number of anilines is 1. The van der Waals surface area contributed by atoms with Gasteiger partial charge in [0, 0.05) is 30.6 Å². The van der Waals surface area contributed by atoms with Crippen molar-refractivity contribution in [2.24, 2.45) is 0 Å². The average Bonchev–Trinajstić information content (AvgIpc) is 3.31. The first-order valence-electron chi connectivity index (χ1n) is 11.0. The number of nitrogens with one attached hydrogen (secondary N) is 1. The van der Waals surface area contributed by atoms with Crippen LogP contribution in [0.25, 0.3) is 11.3 Å². The van der Waals surface area contributed by atoms with E-state index in [-0.39, 0.29) is 17.5 Å². The molecule has 0 aliphatic carbocycles. The van der Waals surface area contributed by atoms with E-state index in [1.165, 1.54) is 24.4 Å². The fourth-order valence-corrected chi connectivity index (χ4v) is 5.20. The largest absolute Gasteiger partial charge is 0.593 e. The zero-order valence-electron chi connectivity index (χ0n) is 20.3. The highest BCUT2D eigenvalue weighted by atomic mass is 32.2. The van der Waals surface area contributed by atoms with Crippen LogP contribution in [0.2, 0.25) is 0 Å². The Bertz CT molecular complexity index is 1310. The lowest BCUT2D eigenvalue weighted by molar-refractivity contribution is -0.142. The van der Waals surface area contributed by atoms with Gasteiger partial charge >= 0.3 is 6.18 Å². The van der Waals surface area contributed by atoms with Gasteiger partial charge in [0.05, 0.1) is 52.8 Å². The fraction of sp³-hybridized carbons (Fsp3) is 0.391. The van der Waals surface area contributed by atoms with Crippen LogP contribution < -0.4 is 14.4 Å². The normalized spacial score (nSPS) is 15.8. The van der Waals surface area contributed by atoms with Crippen molar-refractivity contribution in [3.05, 3.63) is 47.5 Å². The second kappa shape index (κ2) is 9.37. The second-order valence-corrected chi connectivity index (χ2v) is 10.0. The molecule has 0 radical (unpaired) electrons. The molecule has 192 valence electrons. The van der Waals surface area contributed by atoms with Crippen molar-refractivity contribution in [1.82, 2.24) is 24.5 Å². The number of aryl methyl sites for hydroxylation is 1. The third-order valence-corrected chi connectivity index (χ3v) is 7.02. The monoisotopic (exact) mass is 522 g/mol. The number of amides is 1. The predicted molar refractivity (Wildman–Crippen MR) is 127 cm³/mol. The van der Waals surface area contributed by atoms with E-state index in [2.05, 4.69) is 14.8 Å². The number of fused-ring (bicyclic) bond motifs is 1. The summed E-state index contributed by atoms with van der Waals surface area (Å²) >= 11 is -1.56. The average molecular weight is 523 g/mol. The van der Waals surface area contributed by atoms with Gasteiger partial charge < -0.3 is 9.29 Å². The van der Waals surface area contributed by atoms with E-state index < -0.39 is 29.6 Å². The second-order valence-electron chi connectivity index (χ2n) is 8.76. The first kappa shape index (κ1) is 25.9. The summed E-state index contributed by atoms with van der Waals surface area (Å²) < 4.78 is 59.9. The molecule has 1 N–H and O–H groups in total. The third kappa shape index (κ3) is 4.65. The third-order valence-electron chi connectivity index (χ3n) is 5.77. The van der Waals surface area contributed by atoms with Crippen molar-refractivity contribution in [3.63, 3.8) is 0 Å². The molecule has 1 amide bonds. The van der Waals surface area contributed by atoms with Crippen LogP contribution in [0.5, 0.6) is 5.88 Å². The molecule has 9 nitrogen and oxygen atoms in total. The smallest absolute Gasteiger partial charge is 0.408 e. The summed E-state index contributed by atoms with van der Waals surface area (Å²) in [5.41, 5.74) is 1.83. The molecule has 0 spiro atoms. The minimum atomic E-state index is -4.44. The number of carbonyl (C=O) groups excluding carboxylic acids is 1. The molecule has 1 aliphatic rings. The van der Waals surface area contributed by atoms with Gasteiger partial charge in [-0.25, -0.2) is 9.97 Å². The SMILES string of the molecule is CCN[S+]([O-])c1cc(-c2cc(C)c3c(n2)C(C)(C)N(c2cnn(CC(F)(F)F)c2)C3=O)cnc1OC. The van der Waals surface area contributed by atoms with Gasteiger partial charge in [-0.05, 0) is 39.3 Å². The van der Waals surface area contributed by atoms with Crippen molar-refractivity contribution in [2.45, 2.75) is 50.9 Å². The van der Waals surface area contributed by atoms with Gasteiger partial charge in [-0.15, -0.1) is 4.72 Å². The van der Waals surface area contributed by atoms with Crippen LogP contribution in [-0.4, -0.2) is 50.0 Å². The number of methoxy groups -OCH3 is 1. The molecule has 4 heterocycles. The van der Waals surface area contributed by atoms with Crippen molar-refractivity contribution in [2.75, 3.05) is 18.6 Å². The molecule has 36 heavy (non-hydrogen) atoms. The molecule has 13 heteroatoms. The van der Waals surface area contributed by atoms with Gasteiger partial charge in [-0.1, -0.05) is 0 Å². The van der Waals surface area contributed by atoms with E-state index in [0.717, 1.165) is 4.68 Å². The molecule has 0 aromatic carbocycles. The van der Waals surface area contributed by atoms with Crippen molar-refractivity contribution in [3.8, 4) is 17.1 Å². The van der Waals surface area contributed by atoms with Crippen LogP contribution in [-0.2, 0) is 23.4 Å². The number of nitrogens with zero attached hydrogens (tertiary/aromatic N) is 5. The summed E-state index contributed by atoms with van der Waals surface area (Å²) in [6, 6.07) is 3.40. The van der Waals surface area contributed by atoms with Crippen LogP contribution in [0.3, 0.4) is 0 Å². The molecule has 3 aromatic heterocycles. The Morgan fingerprint density at radius 3 is 2.61 bits per heavy atom. The lowest BCUT2D eigenvalue weighted by Crippen LogP contribution is -2.39. The number of ether oxygens (including phenoxy) is 1. The fourth-order valence-electron chi connectivity index (χ4n) is 4.25. The van der Waals surface area contributed by atoms with Gasteiger partial charge in [0.2, 0.25) is 4.90 Å². The standard InChI is InChI=1S/C23H25F3N6O3S/c1-6-29-36(34)17-8-14(9-27-20(17)35-5)16-7-13(2)18-19(30-16)22(3,4)32(21(18)33)15-10-28-31(11-15)12-23(24,25)26/h7-11,29H,6,12H2,1-5H3. The summed E-state index contributed by atoms with van der Waals surface area (Å²) in [5.74, 6) is -0.159. The summed E-state index contributed by atoms with van der Waals surface area (Å²) in [5, 5.41) is 3.78. The minimum Gasteiger partial charge on any atom is -0.593 e. The number of hydrogen-bond donors (Lipinski definition) is 1. The van der Waals surface area contributed by atoms with Gasteiger partial charge in [-0.2, -0.15) is 18.3 Å². The Kier molecular flexibility index (Phi) is 6.75. The number of aromatic nitrogens is 4. The number of alkyl halides is 3. The maximum absolute atomic E-state index is 13.4. The number of pyridine rings is 2. The molecule has 1 unspecified atom stereocenters. The zero-order valence-corrected chi connectivity index (χ0v) is 21.1. The van der Waals surface area contributed by atoms with Crippen LogP contribution in [0.4, 0.5) is 18.9 Å². The first-order chi connectivity index (χ1) is 16.9. The van der Waals surface area contributed by atoms with Crippen LogP contribution >= 0.6 is 0 Å². The first-order valence-corrected chi connectivity index (χ1v) is 12.2. The van der Waals surface area contributed by atoms with E-state index >= 15 is 0 Å².